The molecule has 4 rings (SSSR count). The summed E-state index contributed by atoms with van der Waals surface area (Å²) < 4.78 is 0. The van der Waals surface area contributed by atoms with Crippen LogP contribution in [0.2, 0.25) is 5.02 Å². The Balaban J connectivity index is 1.27. The first-order valence-corrected chi connectivity index (χ1v) is 10.6. The van der Waals surface area contributed by atoms with E-state index in [1.807, 2.05) is 24.3 Å². The monoisotopic (exact) mass is 409 g/mol. The average Bonchev–Trinajstić information content (AvgIpc) is 2.73. The van der Waals surface area contributed by atoms with Crippen LogP contribution in [0.3, 0.4) is 0 Å². The van der Waals surface area contributed by atoms with Gasteiger partial charge >= 0.3 is 0 Å². The molecule has 0 unspecified atom stereocenters. The van der Waals surface area contributed by atoms with Crippen LogP contribution in [0, 0.1) is 0 Å². The fourth-order valence-electron chi connectivity index (χ4n) is 3.97. The highest BCUT2D eigenvalue weighted by molar-refractivity contribution is 6.30. The van der Waals surface area contributed by atoms with E-state index in [0.717, 1.165) is 61.0 Å². The van der Waals surface area contributed by atoms with Crippen LogP contribution in [0.15, 0.2) is 60.8 Å². The SMILES string of the molecule is C=C1CCc2cc(/C=C/[C@@H](O)CN3CCN(c4ccc(Cl)cc4)CC3)ccc2N1. The molecule has 1 fully saturated rings. The molecule has 1 atom stereocenters. The summed E-state index contributed by atoms with van der Waals surface area (Å²) in [5, 5.41) is 14.6. The Morgan fingerprint density at radius 3 is 2.59 bits per heavy atom. The first-order valence-electron chi connectivity index (χ1n) is 10.2. The minimum absolute atomic E-state index is 0.467. The van der Waals surface area contributed by atoms with E-state index in [1.54, 1.807) is 0 Å². The molecule has 5 heteroatoms. The van der Waals surface area contributed by atoms with Crippen molar-refractivity contribution in [3.8, 4) is 0 Å². The first-order chi connectivity index (χ1) is 14.1. The molecule has 0 aliphatic carbocycles. The van der Waals surface area contributed by atoms with Gasteiger partial charge in [0.1, 0.15) is 0 Å². The molecule has 2 N–H and O–H groups in total. The fraction of sp³-hybridized carbons (Fsp3) is 0.333. The van der Waals surface area contributed by atoms with Crippen molar-refractivity contribution in [3.05, 3.63) is 77.0 Å². The van der Waals surface area contributed by atoms with Crippen LogP contribution in [0.1, 0.15) is 17.5 Å². The Kier molecular flexibility index (Phi) is 6.24. The zero-order valence-corrected chi connectivity index (χ0v) is 17.4. The highest BCUT2D eigenvalue weighted by atomic mass is 35.5. The molecule has 0 spiro atoms. The van der Waals surface area contributed by atoms with Crippen LogP contribution in [0.25, 0.3) is 6.08 Å². The number of nitrogens with one attached hydrogen (secondary N) is 1. The summed E-state index contributed by atoms with van der Waals surface area (Å²) >= 11 is 5.98. The first kappa shape index (κ1) is 20.0. The summed E-state index contributed by atoms with van der Waals surface area (Å²) in [5.41, 5.74) is 5.88. The number of hydrogen-bond donors (Lipinski definition) is 2. The number of rotatable bonds is 5. The largest absolute Gasteiger partial charge is 0.388 e. The molecule has 2 aliphatic rings. The van der Waals surface area contributed by atoms with Crippen LogP contribution < -0.4 is 10.2 Å². The third-order valence-electron chi connectivity index (χ3n) is 5.66. The maximum absolute atomic E-state index is 10.5. The number of aliphatic hydroxyl groups is 1. The zero-order valence-electron chi connectivity index (χ0n) is 16.6. The second-order valence-electron chi connectivity index (χ2n) is 7.84. The summed E-state index contributed by atoms with van der Waals surface area (Å²) in [7, 11) is 0. The van der Waals surface area contributed by atoms with Gasteiger partial charge in [0.2, 0.25) is 0 Å². The third-order valence-corrected chi connectivity index (χ3v) is 5.91. The van der Waals surface area contributed by atoms with Crippen molar-refractivity contribution < 1.29 is 5.11 Å². The minimum atomic E-state index is -0.467. The standard InChI is InChI=1S/C24H28ClN3O/c1-18-2-5-20-16-19(4-11-24(20)26-18)3-10-23(29)17-27-12-14-28(15-13-27)22-8-6-21(25)7-9-22/h3-4,6-11,16,23,26,29H,1-2,5,12-15,17H2/b10-3+/t23-/m1/s1. The number of halogens is 1. The van der Waals surface area contributed by atoms with Gasteiger partial charge < -0.3 is 15.3 Å². The number of aliphatic hydroxyl groups excluding tert-OH is 1. The van der Waals surface area contributed by atoms with Crippen molar-refractivity contribution in [1.82, 2.24) is 4.90 Å². The molecule has 0 amide bonds. The van der Waals surface area contributed by atoms with Crippen molar-refractivity contribution >= 4 is 29.1 Å². The fourth-order valence-corrected chi connectivity index (χ4v) is 4.10. The van der Waals surface area contributed by atoms with E-state index in [-0.39, 0.29) is 0 Å². The lowest BCUT2D eigenvalue weighted by atomic mass is 9.99. The number of hydrogen-bond acceptors (Lipinski definition) is 4. The van der Waals surface area contributed by atoms with Gasteiger partial charge in [0.25, 0.3) is 0 Å². The van der Waals surface area contributed by atoms with Crippen molar-refractivity contribution in [3.63, 3.8) is 0 Å². The summed E-state index contributed by atoms with van der Waals surface area (Å²) in [6.45, 7) is 8.48. The molecule has 0 aromatic heterocycles. The molecule has 4 nitrogen and oxygen atoms in total. The Morgan fingerprint density at radius 1 is 1.07 bits per heavy atom. The molecular formula is C24H28ClN3O. The molecule has 0 saturated carbocycles. The van der Waals surface area contributed by atoms with Crippen molar-refractivity contribution in [1.29, 1.82) is 0 Å². The molecule has 0 bridgehead atoms. The second kappa shape index (κ2) is 9.04. The van der Waals surface area contributed by atoms with E-state index in [2.05, 4.69) is 52.0 Å². The maximum atomic E-state index is 10.5. The summed E-state index contributed by atoms with van der Waals surface area (Å²) in [5.74, 6) is 0. The van der Waals surface area contributed by atoms with Gasteiger partial charge in [0.15, 0.2) is 0 Å². The number of aryl methyl sites for hydroxylation is 1. The highest BCUT2D eigenvalue weighted by Crippen LogP contribution is 2.27. The van der Waals surface area contributed by atoms with Gasteiger partial charge in [-0.1, -0.05) is 36.4 Å². The van der Waals surface area contributed by atoms with Gasteiger partial charge in [-0.15, -0.1) is 0 Å². The van der Waals surface area contributed by atoms with E-state index in [0.29, 0.717) is 6.54 Å². The van der Waals surface area contributed by atoms with Gasteiger partial charge in [-0.3, -0.25) is 4.90 Å². The molecule has 1 saturated heterocycles. The van der Waals surface area contributed by atoms with Gasteiger partial charge in [0.05, 0.1) is 6.10 Å². The lowest BCUT2D eigenvalue weighted by Gasteiger charge is -2.36. The van der Waals surface area contributed by atoms with E-state index in [9.17, 15) is 5.11 Å². The Hall–Kier alpha value is -2.27. The third kappa shape index (κ3) is 5.21. The van der Waals surface area contributed by atoms with E-state index in [1.165, 1.54) is 11.3 Å². The summed E-state index contributed by atoms with van der Waals surface area (Å²) in [6.07, 6.45) is 5.46. The number of fused-ring (bicyclic) bond motifs is 1. The maximum Gasteiger partial charge on any atom is 0.0851 e. The topological polar surface area (TPSA) is 38.7 Å². The number of β-amino-alcohol motifs (C(OH)–C–C–N with tert-alkyl or cyclic N) is 1. The van der Waals surface area contributed by atoms with Gasteiger partial charge in [-0.25, -0.2) is 0 Å². The second-order valence-corrected chi connectivity index (χ2v) is 8.27. The van der Waals surface area contributed by atoms with Crippen LogP contribution in [-0.2, 0) is 6.42 Å². The molecule has 2 heterocycles. The van der Waals surface area contributed by atoms with Gasteiger partial charge in [-0.2, -0.15) is 0 Å². The average molecular weight is 410 g/mol. The number of allylic oxidation sites excluding steroid dienone is 1. The lowest BCUT2D eigenvalue weighted by molar-refractivity contribution is 0.142. The molecule has 2 aliphatic heterocycles. The highest BCUT2D eigenvalue weighted by Gasteiger charge is 2.18. The molecule has 0 radical (unpaired) electrons. The predicted molar refractivity (Wildman–Crippen MR) is 123 cm³/mol. The number of anilines is 2. The lowest BCUT2D eigenvalue weighted by Crippen LogP contribution is -2.48. The van der Waals surface area contributed by atoms with E-state index in [4.69, 9.17) is 11.6 Å². The summed E-state index contributed by atoms with van der Waals surface area (Å²) in [6, 6.07) is 14.4. The van der Waals surface area contributed by atoms with Crippen molar-refractivity contribution in [2.45, 2.75) is 18.9 Å². The van der Waals surface area contributed by atoms with Crippen LogP contribution in [0.5, 0.6) is 0 Å². The molecule has 152 valence electrons. The Morgan fingerprint density at radius 2 is 1.83 bits per heavy atom. The summed E-state index contributed by atoms with van der Waals surface area (Å²) in [4.78, 5) is 4.69. The van der Waals surface area contributed by atoms with Crippen LogP contribution >= 0.6 is 11.6 Å². The van der Waals surface area contributed by atoms with Crippen molar-refractivity contribution in [2.75, 3.05) is 42.9 Å². The molecular weight excluding hydrogens is 382 g/mol. The molecule has 2 aromatic rings. The Labute approximate surface area is 178 Å². The quantitative estimate of drug-likeness (QED) is 0.767. The number of benzene rings is 2. The molecule has 2 aromatic carbocycles. The Bertz CT molecular complexity index is 885. The van der Waals surface area contributed by atoms with Gasteiger partial charge in [0, 0.05) is 54.8 Å². The van der Waals surface area contributed by atoms with Gasteiger partial charge in [-0.05, 0) is 60.4 Å². The molecule has 29 heavy (non-hydrogen) atoms. The van der Waals surface area contributed by atoms with Crippen LogP contribution in [0.4, 0.5) is 11.4 Å². The smallest absolute Gasteiger partial charge is 0.0851 e. The number of nitrogens with zero attached hydrogens (tertiary/aromatic N) is 2. The van der Waals surface area contributed by atoms with E-state index >= 15 is 0 Å². The van der Waals surface area contributed by atoms with Crippen molar-refractivity contribution in [2.24, 2.45) is 0 Å². The normalized spacial score (nSPS) is 18.6. The number of piperazine rings is 1. The van der Waals surface area contributed by atoms with Crippen LogP contribution in [-0.4, -0.2) is 48.8 Å². The van der Waals surface area contributed by atoms with E-state index < -0.39 is 6.10 Å². The minimum Gasteiger partial charge on any atom is -0.388 e. The zero-order chi connectivity index (χ0) is 20.2. The predicted octanol–water partition coefficient (Wildman–Crippen LogP) is 4.41.